The Balaban J connectivity index is 1.47. The maximum absolute atomic E-state index is 5.75. The quantitative estimate of drug-likeness (QED) is 0.707. The molecule has 1 saturated heterocycles. The summed E-state index contributed by atoms with van der Waals surface area (Å²) in [5, 5.41) is 4.02. The standard InChI is InChI=1S/C18H19N5O2/c1-13(24-15-5-4-8-19-12-15)18-21-17(22-25-18)16-7-6-14(11-20-16)23-9-2-3-10-23/h4-8,11-13H,2-3,9-10H2,1H3. The predicted octanol–water partition coefficient (Wildman–Crippen LogP) is 3.27. The molecule has 0 spiro atoms. The van der Waals surface area contributed by atoms with Crippen LogP contribution in [0.4, 0.5) is 5.69 Å². The van der Waals surface area contributed by atoms with Crippen molar-refractivity contribution in [3.8, 4) is 17.3 Å². The van der Waals surface area contributed by atoms with Crippen molar-refractivity contribution < 1.29 is 9.26 Å². The minimum atomic E-state index is -0.366. The number of nitrogens with zero attached hydrogens (tertiary/aromatic N) is 5. The van der Waals surface area contributed by atoms with Crippen molar-refractivity contribution in [1.29, 1.82) is 0 Å². The maximum atomic E-state index is 5.75. The van der Waals surface area contributed by atoms with Crippen molar-refractivity contribution in [1.82, 2.24) is 20.1 Å². The van der Waals surface area contributed by atoms with Gasteiger partial charge in [0.2, 0.25) is 5.82 Å². The monoisotopic (exact) mass is 337 g/mol. The molecule has 0 bridgehead atoms. The molecule has 25 heavy (non-hydrogen) atoms. The average Bonchev–Trinajstić information content (AvgIpc) is 3.35. The highest BCUT2D eigenvalue weighted by Gasteiger charge is 2.18. The number of rotatable bonds is 5. The lowest BCUT2D eigenvalue weighted by Gasteiger charge is -2.16. The van der Waals surface area contributed by atoms with Crippen LogP contribution in [0.2, 0.25) is 0 Å². The van der Waals surface area contributed by atoms with E-state index in [9.17, 15) is 0 Å². The van der Waals surface area contributed by atoms with Gasteiger partial charge >= 0.3 is 0 Å². The summed E-state index contributed by atoms with van der Waals surface area (Å²) in [4.78, 5) is 15.2. The molecule has 7 nitrogen and oxygen atoms in total. The molecule has 0 saturated carbocycles. The van der Waals surface area contributed by atoms with Gasteiger partial charge in [-0.3, -0.25) is 9.97 Å². The van der Waals surface area contributed by atoms with Crippen LogP contribution in [0, 0.1) is 0 Å². The largest absolute Gasteiger partial charge is 0.479 e. The van der Waals surface area contributed by atoms with Crippen molar-refractivity contribution in [2.75, 3.05) is 18.0 Å². The molecule has 7 heteroatoms. The van der Waals surface area contributed by atoms with Crippen LogP contribution in [0.5, 0.6) is 5.75 Å². The van der Waals surface area contributed by atoms with Gasteiger partial charge in [0.05, 0.1) is 18.1 Å². The van der Waals surface area contributed by atoms with E-state index in [1.54, 1.807) is 12.4 Å². The van der Waals surface area contributed by atoms with Gasteiger partial charge in [-0.25, -0.2) is 0 Å². The van der Waals surface area contributed by atoms with Gasteiger partial charge < -0.3 is 14.2 Å². The molecule has 3 aromatic heterocycles. The fourth-order valence-corrected chi connectivity index (χ4v) is 2.86. The zero-order valence-corrected chi connectivity index (χ0v) is 14.0. The van der Waals surface area contributed by atoms with E-state index in [4.69, 9.17) is 9.26 Å². The molecule has 4 rings (SSSR count). The third-order valence-corrected chi connectivity index (χ3v) is 4.18. The van der Waals surface area contributed by atoms with E-state index in [1.807, 2.05) is 31.3 Å². The summed E-state index contributed by atoms with van der Waals surface area (Å²) in [6.45, 7) is 4.04. The first-order valence-electron chi connectivity index (χ1n) is 8.41. The number of ether oxygens (including phenoxy) is 1. The van der Waals surface area contributed by atoms with Gasteiger partial charge in [-0.15, -0.1) is 0 Å². The summed E-state index contributed by atoms with van der Waals surface area (Å²) in [6, 6.07) is 7.63. The van der Waals surface area contributed by atoms with E-state index in [-0.39, 0.29) is 6.10 Å². The van der Waals surface area contributed by atoms with Crippen LogP contribution >= 0.6 is 0 Å². The van der Waals surface area contributed by atoms with Gasteiger partial charge in [-0.2, -0.15) is 4.98 Å². The molecule has 0 aliphatic carbocycles. The molecule has 0 aromatic carbocycles. The van der Waals surface area contributed by atoms with E-state index in [2.05, 4.69) is 31.1 Å². The fourth-order valence-electron chi connectivity index (χ4n) is 2.86. The molecule has 1 aliphatic rings. The third kappa shape index (κ3) is 3.45. The van der Waals surface area contributed by atoms with Crippen molar-refractivity contribution in [2.24, 2.45) is 0 Å². The van der Waals surface area contributed by atoms with E-state index in [0.717, 1.165) is 18.8 Å². The summed E-state index contributed by atoms with van der Waals surface area (Å²) in [6.07, 6.45) is 7.32. The lowest BCUT2D eigenvalue weighted by molar-refractivity contribution is 0.175. The summed E-state index contributed by atoms with van der Waals surface area (Å²) in [5.41, 5.74) is 1.82. The van der Waals surface area contributed by atoms with Crippen LogP contribution in [-0.2, 0) is 0 Å². The van der Waals surface area contributed by atoms with Gasteiger partial charge in [0.1, 0.15) is 11.4 Å². The highest BCUT2D eigenvalue weighted by molar-refractivity contribution is 5.54. The number of pyridine rings is 2. The smallest absolute Gasteiger partial charge is 0.267 e. The first kappa shape index (κ1) is 15.6. The van der Waals surface area contributed by atoms with E-state index >= 15 is 0 Å². The van der Waals surface area contributed by atoms with Crippen LogP contribution in [0.3, 0.4) is 0 Å². The first-order chi connectivity index (χ1) is 12.3. The van der Waals surface area contributed by atoms with Gasteiger partial charge in [-0.05, 0) is 44.0 Å². The Labute approximate surface area is 145 Å². The highest BCUT2D eigenvalue weighted by Crippen LogP contribution is 2.24. The molecule has 1 unspecified atom stereocenters. The number of anilines is 1. The molecule has 4 heterocycles. The molecular weight excluding hydrogens is 318 g/mol. The van der Waals surface area contributed by atoms with Crippen LogP contribution in [0.25, 0.3) is 11.5 Å². The van der Waals surface area contributed by atoms with Crippen molar-refractivity contribution in [3.05, 3.63) is 48.7 Å². The molecule has 0 amide bonds. The highest BCUT2D eigenvalue weighted by atomic mass is 16.5. The summed E-state index contributed by atoms with van der Waals surface area (Å²) >= 11 is 0. The molecule has 0 radical (unpaired) electrons. The van der Waals surface area contributed by atoms with Crippen LogP contribution in [0.1, 0.15) is 31.8 Å². The Morgan fingerprint density at radius 2 is 2.04 bits per heavy atom. The third-order valence-electron chi connectivity index (χ3n) is 4.18. The SMILES string of the molecule is CC(Oc1cccnc1)c1nc(-c2ccc(N3CCCC3)cn2)no1. The minimum absolute atomic E-state index is 0.366. The van der Waals surface area contributed by atoms with Gasteiger partial charge in [0.25, 0.3) is 5.89 Å². The molecule has 1 atom stereocenters. The topological polar surface area (TPSA) is 77.2 Å². The van der Waals surface area contributed by atoms with Crippen molar-refractivity contribution in [2.45, 2.75) is 25.9 Å². The minimum Gasteiger partial charge on any atom is -0.479 e. The Bertz CT molecular complexity index is 813. The van der Waals surface area contributed by atoms with Crippen LogP contribution in [0.15, 0.2) is 47.4 Å². The normalized spacial score (nSPS) is 15.3. The maximum Gasteiger partial charge on any atom is 0.267 e. The number of hydrogen-bond donors (Lipinski definition) is 0. The number of aromatic nitrogens is 4. The Hall–Kier alpha value is -2.96. The van der Waals surface area contributed by atoms with Crippen LogP contribution in [-0.4, -0.2) is 33.2 Å². The molecule has 1 fully saturated rings. The van der Waals surface area contributed by atoms with Gasteiger partial charge in [0.15, 0.2) is 6.10 Å². The second-order valence-corrected chi connectivity index (χ2v) is 6.00. The lowest BCUT2D eigenvalue weighted by Crippen LogP contribution is -2.17. The van der Waals surface area contributed by atoms with E-state index < -0.39 is 0 Å². The lowest BCUT2D eigenvalue weighted by atomic mass is 10.3. The molecule has 3 aromatic rings. The van der Waals surface area contributed by atoms with Crippen molar-refractivity contribution in [3.63, 3.8) is 0 Å². The Morgan fingerprint density at radius 3 is 2.76 bits per heavy atom. The second-order valence-electron chi connectivity index (χ2n) is 6.00. The van der Waals surface area contributed by atoms with Gasteiger partial charge in [-0.1, -0.05) is 5.16 Å². The summed E-state index contributed by atoms with van der Waals surface area (Å²) in [7, 11) is 0. The molecule has 1 aliphatic heterocycles. The Morgan fingerprint density at radius 1 is 1.16 bits per heavy atom. The van der Waals surface area contributed by atoms with Crippen molar-refractivity contribution >= 4 is 5.69 Å². The second kappa shape index (κ2) is 6.88. The predicted molar refractivity (Wildman–Crippen MR) is 92.3 cm³/mol. The molecular formula is C18H19N5O2. The number of hydrogen-bond acceptors (Lipinski definition) is 7. The summed E-state index contributed by atoms with van der Waals surface area (Å²) in [5.74, 6) is 1.52. The zero-order chi connectivity index (χ0) is 17.1. The van der Waals surface area contributed by atoms with E-state index in [0.29, 0.717) is 23.2 Å². The zero-order valence-electron chi connectivity index (χ0n) is 14.0. The summed E-state index contributed by atoms with van der Waals surface area (Å²) < 4.78 is 11.1. The first-order valence-corrected chi connectivity index (χ1v) is 8.41. The molecule has 128 valence electrons. The van der Waals surface area contributed by atoms with Crippen LogP contribution < -0.4 is 9.64 Å². The molecule has 0 N–H and O–H groups in total. The van der Waals surface area contributed by atoms with Gasteiger partial charge in [0, 0.05) is 19.3 Å². The average molecular weight is 337 g/mol. The Kier molecular flexibility index (Phi) is 4.28. The van der Waals surface area contributed by atoms with E-state index in [1.165, 1.54) is 12.8 Å². The fraction of sp³-hybridized carbons (Fsp3) is 0.333.